The molecule has 0 bridgehead atoms. The molecule has 16 heavy (non-hydrogen) atoms. The Morgan fingerprint density at radius 2 is 1.81 bits per heavy atom. The lowest BCUT2D eigenvalue weighted by Crippen LogP contribution is -2.25. The van der Waals surface area contributed by atoms with Crippen LogP contribution in [0.2, 0.25) is 0 Å². The zero-order valence-electron chi connectivity index (χ0n) is 9.45. The summed E-state index contributed by atoms with van der Waals surface area (Å²) in [6, 6.07) is 6.22. The predicted molar refractivity (Wildman–Crippen MR) is 64.7 cm³/mol. The molecule has 3 rings (SSSR count). The summed E-state index contributed by atoms with van der Waals surface area (Å²) in [5.41, 5.74) is 1.02. The van der Waals surface area contributed by atoms with Crippen LogP contribution in [0.5, 0.6) is 0 Å². The monoisotopic (exact) mass is 212 g/mol. The average molecular weight is 212 g/mol. The van der Waals surface area contributed by atoms with Crippen molar-refractivity contribution in [3.63, 3.8) is 0 Å². The van der Waals surface area contributed by atoms with Crippen molar-refractivity contribution < 1.29 is 0 Å². The minimum Gasteiger partial charge on any atom is -0.253 e. The second-order valence-corrected chi connectivity index (χ2v) is 4.72. The molecule has 0 aromatic heterocycles. The first kappa shape index (κ1) is 9.76. The fourth-order valence-corrected chi connectivity index (χ4v) is 2.67. The van der Waals surface area contributed by atoms with Crippen molar-refractivity contribution in [2.24, 2.45) is 9.98 Å². The van der Waals surface area contributed by atoms with Crippen LogP contribution in [0.25, 0.3) is 6.08 Å². The predicted octanol–water partition coefficient (Wildman–Crippen LogP) is 2.24. The van der Waals surface area contributed by atoms with E-state index in [1.54, 1.807) is 0 Å². The summed E-state index contributed by atoms with van der Waals surface area (Å²) in [6.45, 7) is 3.79. The molecule has 1 saturated carbocycles. The molecule has 0 unspecified atom stereocenters. The lowest BCUT2D eigenvalue weighted by Gasteiger charge is -2.27. The van der Waals surface area contributed by atoms with E-state index in [9.17, 15) is 0 Å². The van der Waals surface area contributed by atoms with Crippen molar-refractivity contribution in [3.8, 4) is 0 Å². The molecule has 0 radical (unpaired) electrons. The SMILES string of the molecule is C=Cc1ccc2c(c1)=NC1(CCCCC1)N=2. The van der Waals surface area contributed by atoms with Crippen LogP contribution in [0.4, 0.5) is 0 Å². The molecule has 0 saturated heterocycles. The van der Waals surface area contributed by atoms with Crippen molar-refractivity contribution in [2.45, 2.75) is 37.8 Å². The first-order valence-corrected chi connectivity index (χ1v) is 6.04. The van der Waals surface area contributed by atoms with Crippen LogP contribution in [-0.4, -0.2) is 5.66 Å². The van der Waals surface area contributed by atoms with E-state index in [0.29, 0.717) is 0 Å². The molecule has 2 nitrogen and oxygen atoms in total. The highest BCUT2D eigenvalue weighted by molar-refractivity contribution is 5.45. The highest BCUT2D eigenvalue weighted by atomic mass is 15.1. The van der Waals surface area contributed by atoms with E-state index in [1.165, 1.54) is 19.3 Å². The molecule has 0 N–H and O–H groups in total. The van der Waals surface area contributed by atoms with Crippen molar-refractivity contribution >= 4 is 6.08 Å². The third kappa shape index (κ3) is 1.49. The molecule has 1 aromatic carbocycles. The third-order valence-corrected chi connectivity index (χ3v) is 3.55. The van der Waals surface area contributed by atoms with Gasteiger partial charge in [-0.1, -0.05) is 25.1 Å². The normalized spacial score (nSPS) is 21.0. The number of hydrogen-bond donors (Lipinski definition) is 0. The Labute approximate surface area is 95.4 Å². The summed E-state index contributed by atoms with van der Waals surface area (Å²) < 4.78 is 0. The van der Waals surface area contributed by atoms with Gasteiger partial charge in [-0.3, -0.25) is 9.98 Å². The van der Waals surface area contributed by atoms with Gasteiger partial charge in [0.2, 0.25) is 0 Å². The number of rotatable bonds is 1. The molecule has 0 amide bonds. The molecule has 1 aliphatic carbocycles. The first-order chi connectivity index (χ1) is 7.81. The Kier molecular flexibility index (Phi) is 2.16. The number of nitrogens with zero attached hydrogens (tertiary/aromatic N) is 2. The lowest BCUT2D eigenvalue weighted by atomic mass is 9.90. The lowest BCUT2D eigenvalue weighted by molar-refractivity contribution is 0.309. The molecule has 0 atom stereocenters. The van der Waals surface area contributed by atoms with Gasteiger partial charge in [0, 0.05) is 0 Å². The molecule has 1 spiro atoms. The van der Waals surface area contributed by atoms with E-state index in [2.05, 4.69) is 24.8 Å². The Bertz CT molecular complexity index is 536. The molecule has 2 heteroatoms. The summed E-state index contributed by atoms with van der Waals surface area (Å²) in [5.74, 6) is 0. The highest BCUT2D eigenvalue weighted by Crippen LogP contribution is 2.32. The molecule has 1 heterocycles. The van der Waals surface area contributed by atoms with Gasteiger partial charge >= 0.3 is 0 Å². The first-order valence-electron chi connectivity index (χ1n) is 6.04. The molecular weight excluding hydrogens is 196 g/mol. The molecule has 1 fully saturated rings. The van der Waals surface area contributed by atoms with E-state index in [4.69, 9.17) is 9.98 Å². The number of benzene rings is 1. The summed E-state index contributed by atoms with van der Waals surface area (Å²) in [7, 11) is 0. The zero-order chi connectivity index (χ0) is 11.0. The van der Waals surface area contributed by atoms with E-state index < -0.39 is 0 Å². The summed E-state index contributed by atoms with van der Waals surface area (Å²) in [4.78, 5) is 9.65. The topological polar surface area (TPSA) is 24.7 Å². The van der Waals surface area contributed by atoms with E-state index in [0.717, 1.165) is 29.1 Å². The Balaban J connectivity index is 2.10. The van der Waals surface area contributed by atoms with Crippen LogP contribution >= 0.6 is 0 Å². The maximum absolute atomic E-state index is 4.84. The highest BCUT2D eigenvalue weighted by Gasteiger charge is 2.32. The molecule has 1 aliphatic heterocycles. The molecule has 2 aliphatic rings. The van der Waals surface area contributed by atoms with Crippen LogP contribution in [0, 0.1) is 0 Å². The van der Waals surface area contributed by atoms with Crippen molar-refractivity contribution in [3.05, 3.63) is 41.1 Å². The van der Waals surface area contributed by atoms with Gasteiger partial charge in [0.15, 0.2) is 5.66 Å². The van der Waals surface area contributed by atoms with Crippen LogP contribution in [-0.2, 0) is 0 Å². The van der Waals surface area contributed by atoms with Gasteiger partial charge in [-0.2, -0.15) is 0 Å². The Hall–Kier alpha value is -1.44. The largest absolute Gasteiger partial charge is 0.253 e. The van der Waals surface area contributed by atoms with Gasteiger partial charge in [0.05, 0.1) is 10.7 Å². The second-order valence-electron chi connectivity index (χ2n) is 4.72. The second kappa shape index (κ2) is 3.55. The minimum absolute atomic E-state index is 0.111. The standard InChI is InChI=1S/C14H16N2/c1-2-11-6-7-12-13(10-11)16-14(15-12)8-4-3-5-9-14/h2,6-7,10H,1,3-5,8-9H2. The molecular formula is C14H16N2. The third-order valence-electron chi connectivity index (χ3n) is 3.55. The van der Waals surface area contributed by atoms with Crippen molar-refractivity contribution in [2.75, 3.05) is 0 Å². The quantitative estimate of drug-likeness (QED) is 0.682. The van der Waals surface area contributed by atoms with Gasteiger partial charge in [0.1, 0.15) is 0 Å². The van der Waals surface area contributed by atoms with E-state index in [-0.39, 0.29) is 5.66 Å². The summed E-state index contributed by atoms with van der Waals surface area (Å²) in [5, 5.41) is 2.12. The number of hydrogen-bond acceptors (Lipinski definition) is 2. The Morgan fingerprint density at radius 3 is 2.56 bits per heavy atom. The summed E-state index contributed by atoms with van der Waals surface area (Å²) in [6.07, 6.45) is 7.95. The smallest absolute Gasteiger partial charge is 0.151 e. The maximum Gasteiger partial charge on any atom is 0.151 e. The average Bonchev–Trinajstić information content (AvgIpc) is 2.66. The van der Waals surface area contributed by atoms with Crippen LogP contribution in [0.15, 0.2) is 34.8 Å². The Morgan fingerprint density at radius 1 is 1.06 bits per heavy atom. The number of fused-ring (bicyclic) bond motifs is 1. The zero-order valence-corrected chi connectivity index (χ0v) is 9.45. The van der Waals surface area contributed by atoms with E-state index in [1.807, 2.05) is 6.08 Å². The molecule has 1 aromatic rings. The minimum atomic E-state index is -0.111. The molecule has 82 valence electrons. The van der Waals surface area contributed by atoms with Crippen LogP contribution in [0.1, 0.15) is 37.7 Å². The van der Waals surface area contributed by atoms with Gasteiger partial charge in [0.25, 0.3) is 0 Å². The fraction of sp³-hybridized carbons (Fsp3) is 0.429. The van der Waals surface area contributed by atoms with Gasteiger partial charge in [-0.25, -0.2) is 0 Å². The van der Waals surface area contributed by atoms with Crippen LogP contribution in [0.3, 0.4) is 0 Å². The van der Waals surface area contributed by atoms with Crippen LogP contribution < -0.4 is 10.7 Å². The van der Waals surface area contributed by atoms with Crippen molar-refractivity contribution in [1.82, 2.24) is 0 Å². The fourth-order valence-electron chi connectivity index (χ4n) is 2.67. The van der Waals surface area contributed by atoms with E-state index >= 15 is 0 Å². The van der Waals surface area contributed by atoms with Crippen molar-refractivity contribution in [1.29, 1.82) is 0 Å². The maximum atomic E-state index is 4.84. The van der Waals surface area contributed by atoms with Gasteiger partial charge in [-0.15, -0.1) is 0 Å². The van der Waals surface area contributed by atoms with Gasteiger partial charge in [-0.05, 0) is 43.4 Å². The van der Waals surface area contributed by atoms with Gasteiger partial charge < -0.3 is 0 Å². The summed E-state index contributed by atoms with van der Waals surface area (Å²) >= 11 is 0.